The van der Waals surface area contributed by atoms with E-state index in [9.17, 15) is 4.39 Å². The average molecular weight is 300 g/mol. The molecule has 1 aromatic carbocycles. The molecule has 0 saturated carbocycles. The molecular formula is C10H6FIN2. The van der Waals surface area contributed by atoms with E-state index in [1.807, 2.05) is 29.8 Å². The molecule has 0 aliphatic rings. The summed E-state index contributed by atoms with van der Waals surface area (Å²) in [6.45, 7) is 1.84. The summed E-state index contributed by atoms with van der Waals surface area (Å²) in [6, 6.07) is 6.75. The normalized spacial score (nSPS) is 10.4. The highest BCUT2D eigenvalue weighted by Gasteiger charge is 2.09. The third kappa shape index (κ3) is 1.28. The van der Waals surface area contributed by atoms with Crippen LogP contribution in [0.1, 0.15) is 11.3 Å². The monoisotopic (exact) mass is 300 g/mol. The molecule has 0 spiro atoms. The lowest BCUT2D eigenvalue weighted by Crippen LogP contribution is -1.84. The minimum Gasteiger partial charge on any atom is -0.273 e. The van der Waals surface area contributed by atoms with Crippen molar-refractivity contribution in [3.8, 4) is 6.07 Å². The Hall–Kier alpha value is -1.09. The standard InChI is InChI=1S/C10H6FIN2/c1-6-2-7(11)3-10-9(6)4-8(5-13)14(10)12/h2-4H,1H3. The summed E-state index contributed by atoms with van der Waals surface area (Å²) in [7, 11) is 0. The van der Waals surface area contributed by atoms with Crippen LogP contribution in [0.3, 0.4) is 0 Å². The van der Waals surface area contributed by atoms with E-state index >= 15 is 0 Å². The highest BCUT2D eigenvalue weighted by atomic mass is 127. The predicted octanol–water partition coefficient (Wildman–Crippen LogP) is 3.16. The maximum atomic E-state index is 13.1. The van der Waals surface area contributed by atoms with Crippen molar-refractivity contribution < 1.29 is 4.39 Å². The Bertz CT molecular complexity index is 551. The molecule has 4 heteroatoms. The lowest BCUT2D eigenvalue weighted by Gasteiger charge is -1.98. The second-order valence-corrected chi connectivity index (χ2v) is 4.04. The Morgan fingerprint density at radius 2 is 2.14 bits per heavy atom. The molecular weight excluding hydrogens is 294 g/mol. The zero-order valence-electron chi connectivity index (χ0n) is 7.38. The van der Waals surface area contributed by atoms with Crippen molar-refractivity contribution in [2.45, 2.75) is 6.92 Å². The summed E-state index contributed by atoms with van der Waals surface area (Å²) in [5.74, 6) is -0.268. The third-order valence-corrected chi connectivity index (χ3v) is 3.19. The molecule has 0 bridgehead atoms. The third-order valence-electron chi connectivity index (χ3n) is 2.15. The van der Waals surface area contributed by atoms with Gasteiger partial charge in [0.1, 0.15) is 17.6 Å². The van der Waals surface area contributed by atoms with E-state index in [1.54, 1.807) is 8.85 Å². The van der Waals surface area contributed by atoms with E-state index in [4.69, 9.17) is 5.26 Å². The minimum absolute atomic E-state index is 0.268. The van der Waals surface area contributed by atoms with Gasteiger partial charge in [0.2, 0.25) is 0 Å². The summed E-state index contributed by atoms with van der Waals surface area (Å²) in [6.07, 6.45) is 0. The number of nitriles is 1. The second-order valence-electron chi connectivity index (χ2n) is 3.08. The Kier molecular flexibility index (Phi) is 2.19. The number of nitrogens with zero attached hydrogens (tertiary/aromatic N) is 2. The van der Waals surface area contributed by atoms with Crippen LogP contribution in [0.25, 0.3) is 10.9 Å². The van der Waals surface area contributed by atoms with E-state index in [2.05, 4.69) is 6.07 Å². The van der Waals surface area contributed by atoms with Crippen LogP contribution in [0.15, 0.2) is 18.2 Å². The SMILES string of the molecule is Cc1cc(F)cc2c1cc(C#N)n2I. The maximum absolute atomic E-state index is 13.1. The minimum atomic E-state index is -0.268. The van der Waals surface area contributed by atoms with Crippen molar-refractivity contribution in [3.63, 3.8) is 0 Å². The average Bonchev–Trinajstić information content (AvgIpc) is 2.44. The molecule has 0 saturated heterocycles. The molecule has 2 rings (SSSR count). The summed E-state index contributed by atoms with van der Waals surface area (Å²) < 4.78 is 14.8. The summed E-state index contributed by atoms with van der Waals surface area (Å²) in [4.78, 5) is 0. The van der Waals surface area contributed by atoms with Crippen molar-refractivity contribution in [3.05, 3.63) is 35.3 Å². The molecule has 14 heavy (non-hydrogen) atoms. The molecule has 0 radical (unpaired) electrons. The highest BCUT2D eigenvalue weighted by molar-refractivity contribution is 14.1. The van der Waals surface area contributed by atoms with Gasteiger partial charge in [0, 0.05) is 5.39 Å². The fourth-order valence-electron chi connectivity index (χ4n) is 1.49. The van der Waals surface area contributed by atoms with Crippen LogP contribution >= 0.6 is 22.9 Å². The molecule has 2 nitrogen and oxygen atoms in total. The van der Waals surface area contributed by atoms with Crippen LogP contribution in [0, 0.1) is 24.1 Å². The van der Waals surface area contributed by atoms with Crippen molar-refractivity contribution in [2.75, 3.05) is 0 Å². The number of aryl methyl sites for hydroxylation is 1. The lowest BCUT2D eigenvalue weighted by molar-refractivity contribution is 0.628. The van der Waals surface area contributed by atoms with Gasteiger partial charge in [-0.05, 0) is 30.7 Å². The van der Waals surface area contributed by atoms with Gasteiger partial charge in [-0.2, -0.15) is 5.26 Å². The first-order valence-corrected chi connectivity index (χ1v) is 4.98. The Morgan fingerprint density at radius 3 is 2.79 bits per heavy atom. The fourth-order valence-corrected chi connectivity index (χ4v) is 2.13. The molecule has 0 amide bonds. The van der Waals surface area contributed by atoms with Crippen LogP contribution in [-0.4, -0.2) is 2.78 Å². The van der Waals surface area contributed by atoms with Gasteiger partial charge in [-0.25, -0.2) is 4.39 Å². The van der Waals surface area contributed by atoms with Crippen molar-refractivity contribution in [1.82, 2.24) is 2.78 Å². The van der Waals surface area contributed by atoms with Crippen molar-refractivity contribution in [2.24, 2.45) is 0 Å². The number of rotatable bonds is 0. The van der Waals surface area contributed by atoms with E-state index in [1.165, 1.54) is 12.1 Å². The molecule has 1 heterocycles. The van der Waals surface area contributed by atoms with Crippen LogP contribution in [0.4, 0.5) is 4.39 Å². The first-order chi connectivity index (χ1) is 6.63. The summed E-state index contributed by atoms with van der Waals surface area (Å²) in [5.41, 5.74) is 2.14. The first kappa shape index (κ1) is 9.46. The van der Waals surface area contributed by atoms with E-state index in [0.717, 1.165) is 16.5 Å². The van der Waals surface area contributed by atoms with Crippen molar-refractivity contribution in [1.29, 1.82) is 5.26 Å². The molecule has 0 atom stereocenters. The van der Waals surface area contributed by atoms with Gasteiger partial charge in [0.25, 0.3) is 0 Å². The number of hydrogen-bond acceptors (Lipinski definition) is 1. The molecule has 0 aliphatic heterocycles. The zero-order chi connectivity index (χ0) is 10.3. The molecule has 0 fully saturated rings. The Labute approximate surface area is 94.4 Å². The number of hydrogen-bond donors (Lipinski definition) is 0. The maximum Gasteiger partial charge on any atom is 0.130 e. The lowest BCUT2D eigenvalue weighted by atomic mass is 10.1. The number of benzene rings is 1. The van der Waals surface area contributed by atoms with E-state index in [-0.39, 0.29) is 5.82 Å². The molecule has 0 N–H and O–H groups in total. The van der Waals surface area contributed by atoms with Crippen LogP contribution in [0.2, 0.25) is 0 Å². The highest BCUT2D eigenvalue weighted by Crippen LogP contribution is 2.25. The molecule has 1 aromatic heterocycles. The van der Waals surface area contributed by atoms with Crippen LogP contribution in [-0.2, 0) is 0 Å². The molecule has 0 aliphatic carbocycles. The second kappa shape index (κ2) is 3.24. The van der Waals surface area contributed by atoms with Gasteiger partial charge in [-0.15, -0.1) is 0 Å². The number of fused-ring (bicyclic) bond motifs is 1. The Morgan fingerprint density at radius 1 is 1.43 bits per heavy atom. The van der Waals surface area contributed by atoms with Gasteiger partial charge in [0.05, 0.1) is 28.4 Å². The number of aromatic nitrogens is 1. The molecule has 70 valence electrons. The summed E-state index contributed by atoms with van der Waals surface area (Å²) in [5, 5.41) is 9.74. The largest absolute Gasteiger partial charge is 0.273 e. The number of halogens is 2. The van der Waals surface area contributed by atoms with Gasteiger partial charge in [-0.1, -0.05) is 0 Å². The summed E-state index contributed by atoms with van der Waals surface area (Å²) >= 11 is 1.99. The zero-order valence-corrected chi connectivity index (χ0v) is 9.54. The van der Waals surface area contributed by atoms with E-state index in [0.29, 0.717) is 5.69 Å². The van der Waals surface area contributed by atoms with Crippen LogP contribution in [0.5, 0.6) is 0 Å². The van der Waals surface area contributed by atoms with Crippen molar-refractivity contribution >= 4 is 33.8 Å². The van der Waals surface area contributed by atoms with Gasteiger partial charge >= 0.3 is 0 Å². The molecule has 2 aromatic rings. The van der Waals surface area contributed by atoms with Gasteiger partial charge in [-0.3, -0.25) is 2.78 Å². The first-order valence-electron chi connectivity index (χ1n) is 4.01. The Balaban J connectivity index is 2.94. The quantitative estimate of drug-likeness (QED) is 0.687. The smallest absolute Gasteiger partial charge is 0.130 e. The van der Waals surface area contributed by atoms with Gasteiger partial charge < -0.3 is 0 Å². The van der Waals surface area contributed by atoms with Crippen LogP contribution < -0.4 is 0 Å². The van der Waals surface area contributed by atoms with E-state index < -0.39 is 0 Å². The molecule has 0 unspecified atom stereocenters. The predicted molar refractivity (Wildman–Crippen MR) is 60.8 cm³/mol. The topological polar surface area (TPSA) is 28.7 Å². The fraction of sp³-hybridized carbons (Fsp3) is 0.100. The van der Waals surface area contributed by atoms with Gasteiger partial charge in [0.15, 0.2) is 0 Å².